The molecule has 0 bridgehead atoms. The van der Waals surface area contributed by atoms with E-state index >= 15 is 0 Å². The van der Waals surface area contributed by atoms with E-state index in [-0.39, 0.29) is 0 Å². The fourth-order valence-corrected chi connectivity index (χ4v) is 3.12. The molecule has 0 radical (unpaired) electrons. The Morgan fingerprint density at radius 2 is 1.53 bits per heavy atom. The minimum atomic E-state index is 0.478. The van der Waals surface area contributed by atoms with Crippen molar-refractivity contribution in [2.75, 3.05) is 52.4 Å². The topological polar surface area (TPSA) is 18.5 Å². The van der Waals surface area contributed by atoms with Gasteiger partial charge in [-0.2, -0.15) is 0 Å². The molecule has 0 spiro atoms. The fraction of sp³-hybridized carbons (Fsp3) is 1.00. The maximum Gasteiger partial charge on any atom is 0.0110 e. The van der Waals surface area contributed by atoms with Gasteiger partial charge in [0.05, 0.1) is 0 Å². The zero-order chi connectivity index (χ0) is 13.7. The quantitative estimate of drug-likeness (QED) is 0.841. The molecule has 2 rings (SSSR count). The third-order valence-electron chi connectivity index (χ3n) is 4.62. The Morgan fingerprint density at radius 1 is 0.947 bits per heavy atom. The summed E-state index contributed by atoms with van der Waals surface area (Å²) in [6.07, 6.45) is 4.08. The largest absolute Gasteiger partial charge is 0.317 e. The van der Waals surface area contributed by atoms with E-state index in [1.54, 1.807) is 0 Å². The SMILES string of the molecule is CC(C)(C)CCN1CCN(CC2CCNCC2)CC1. The van der Waals surface area contributed by atoms with Gasteiger partial charge in [0.2, 0.25) is 0 Å². The van der Waals surface area contributed by atoms with E-state index in [1.165, 1.54) is 71.6 Å². The van der Waals surface area contributed by atoms with Gasteiger partial charge in [-0.15, -0.1) is 0 Å². The standard InChI is InChI=1S/C16H33N3/c1-16(2,3)6-9-18-10-12-19(13-11-18)14-15-4-7-17-8-5-15/h15,17H,4-14H2,1-3H3. The lowest BCUT2D eigenvalue weighted by Crippen LogP contribution is -2.49. The molecule has 3 nitrogen and oxygen atoms in total. The number of piperidine rings is 1. The Hall–Kier alpha value is -0.120. The average Bonchev–Trinajstić information content (AvgIpc) is 2.38. The van der Waals surface area contributed by atoms with Crippen LogP contribution in [0.2, 0.25) is 0 Å². The molecule has 112 valence electrons. The van der Waals surface area contributed by atoms with Crippen molar-refractivity contribution >= 4 is 0 Å². The Morgan fingerprint density at radius 3 is 2.11 bits per heavy atom. The minimum absolute atomic E-state index is 0.478. The summed E-state index contributed by atoms with van der Waals surface area (Å²) in [6, 6.07) is 0. The van der Waals surface area contributed by atoms with Crippen LogP contribution in [0.25, 0.3) is 0 Å². The van der Waals surface area contributed by atoms with Crippen LogP contribution in [0, 0.1) is 11.3 Å². The van der Waals surface area contributed by atoms with E-state index in [0.717, 1.165) is 5.92 Å². The van der Waals surface area contributed by atoms with Crippen molar-refractivity contribution in [1.82, 2.24) is 15.1 Å². The molecular weight excluding hydrogens is 234 g/mol. The van der Waals surface area contributed by atoms with Gasteiger partial charge in [0.25, 0.3) is 0 Å². The minimum Gasteiger partial charge on any atom is -0.317 e. The Bertz CT molecular complexity index is 245. The molecule has 0 aromatic rings. The highest BCUT2D eigenvalue weighted by molar-refractivity contribution is 4.78. The van der Waals surface area contributed by atoms with E-state index in [0.29, 0.717) is 5.41 Å². The first-order valence-electron chi connectivity index (χ1n) is 8.18. The first-order chi connectivity index (χ1) is 9.03. The maximum atomic E-state index is 3.46. The highest BCUT2D eigenvalue weighted by Crippen LogP contribution is 2.20. The molecule has 0 atom stereocenters. The van der Waals surface area contributed by atoms with Gasteiger partial charge >= 0.3 is 0 Å². The second-order valence-electron chi connectivity index (χ2n) is 7.65. The van der Waals surface area contributed by atoms with Gasteiger partial charge in [0.1, 0.15) is 0 Å². The first-order valence-corrected chi connectivity index (χ1v) is 8.18. The van der Waals surface area contributed by atoms with Crippen LogP contribution in [0.4, 0.5) is 0 Å². The van der Waals surface area contributed by atoms with Gasteiger partial charge in [-0.1, -0.05) is 20.8 Å². The summed E-state index contributed by atoms with van der Waals surface area (Å²) in [5.41, 5.74) is 0.478. The number of nitrogens with zero attached hydrogens (tertiary/aromatic N) is 2. The molecule has 3 heteroatoms. The number of nitrogens with one attached hydrogen (secondary N) is 1. The molecule has 2 heterocycles. The molecule has 2 fully saturated rings. The van der Waals surface area contributed by atoms with Crippen LogP contribution in [0.5, 0.6) is 0 Å². The third-order valence-corrected chi connectivity index (χ3v) is 4.62. The molecule has 0 aromatic carbocycles. The fourth-order valence-electron chi connectivity index (χ4n) is 3.12. The van der Waals surface area contributed by atoms with Crippen LogP contribution in [0.3, 0.4) is 0 Å². The smallest absolute Gasteiger partial charge is 0.0110 e. The van der Waals surface area contributed by atoms with Crippen molar-refractivity contribution in [3.8, 4) is 0 Å². The van der Waals surface area contributed by atoms with Crippen molar-refractivity contribution in [3.63, 3.8) is 0 Å². The predicted octanol–water partition coefficient (Wildman–Crippen LogP) is 2.04. The molecule has 2 saturated heterocycles. The summed E-state index contributed by atoms with van der Waals surface area (Å²) in [7, 11) is 0. The lowest BCUT2D eigenvalue weighted by molar-refractivity contribution is 0.103. The number of hydrogen-bond donors (Lipinski definition) is 1. The Balaban J connectivity index is 1.62. The van der Waals surface area contributed by atoms with Crippen molar-refractivity contribution in [2.24, 2.45) is 11.3 Å². The highest BCUT2D eigenvalue weighted by Gasteiger charge is 2.22. The number of hydrogen-bond acceptors (Lipinski definition) is 3. The molecule has 1 N–H and O–H groups in total. The number of piperazine rings is 1. The van der Waals surface area contributed by atoms with Crippen LogP contribution in [-0.4, -0.2) is 62.2 Å². The summed E-state index contributed by atoms with van der Waals surface area (Å²) in [5.74, 6) is 0.947. The number of rotatable bonds is 4. The molecule has 0 aromatic heterocycles. The third kappa shape index (κ3) is 5.80. The summed E-state index contributed by atoms with van der Waals surface area (Å²) in [6.45, 7) is 17.3. The van der Waals surface area contributed by atoms with Gasteiger partial charge in [0, 0.05) is 32.7 Å². The molecule has 0 aliphatic carbocycles. The molecule has 0 amide bonds. The average molecular weight is 267 g/mol. The molecule has 0 unspecified atom stereocenters. The van der Waals surface area contributed by atoms with Crippen molar-refractivity contribution in [3.05, 3.63) is 0 Å². The van der Waals surface area contributed by atoms with Crippen molar-refractivity contribution < 1.29 is 0 Å². The van der Waals surface area contributed by atoms with E-state index in [4.69, 9.17) is 0 Å². The van der Waals surface area contributed by atoms with E-state index < -0.39 is 0 Å². The second kappa shape index (κ2) is 7.05. The van der Waals surface area contributed by atoms with E-state index in [2.05, 4.69) is 35.9 Å². The van der Waals surface area contributed by atoms with Crippen LogP contribution < -0.4 is 5.32 Å². The Kier molecular flexibility index (Phi) is 5.67. The highest BCUT2D eigenvalue weighted by atomic mass is 15.3. The normalized spacial score (nSPS) is 24.8. The zero-order valence-corrected chi connectivity index (χ0v) is 13.2. The van der Waals surface area contributed by atoms with Crippen molar-refractivity contribution in [2.45, 2.75) is 40.0 Å². The summed E-state index contributed by atoms with van der Waals surface area (Å²) >= 11 is 0. The van der Waals surface area contributed by atoms with Crippen LogP contribution >= 0.6 is 0 Å². The molecule has 19 heavy (non-hydrogen) atoms. The van der Waals surface area contributed by atoms with E-state index in [1.807, 2.05) is 0 Å². The lowest BCUT2D eigenvalue weighted by atomic mass is 9.92. The predicted molar refractivity (Wildman–Crippen MR) is 82.5 cm³/mol. The Labute approximate surface area is 119 Å². The van der Waals surface area contributed by atoms with E-state index in [9.17, 15) is 0 Å². The summed E-state index contributed by atoms with van der Waals surface area (Å²) in [5, 5.41) is 3.46. The monoisotopic (exact) mass is 267 g/mol. The van der Waals surface area contributed by atoms with Crippen LogP contribution in [-0.2, 0) is 0 Å². The first kappa shape index (κ1) is 15.3. The van der Waals surface area contributed by atoms with Gasteiger partial charge in [-0.25, -0.2) is 0 Å². The van der Waals surface area contributed by atoms with Gasteiger partial charge in [-0.05, 0) is 50.2 Å². The molecule has 2 aliphatic heterocycles. The second-order valence-corrected chi connectivity index (χ2v) is 7.65. The van der Waals surface area contributed by atoms with Crippen LogP contribution in [0.15, 0.2) is 0 Å². The van der Waals surface area contributed by atoms with Gasteiger partial charge in [0.15, 0.2) is 0 Å². The zero-order valence-electron chi connectivity index (χ0n) is 13.2. The summed E-state index contributed by atoms with van der Waals surface area (Å²) in [4.78, 5) is 5.35. The molecular formula is C16H33N3. The van der Waals surface area contributed by atoms with Crippen LogP contribution in [0.1, 0.15) is 40.0 Å². The summed E-state index contributed by atoms with van der Waals surface area (Å²) < 4.78 is 0. The maximum absolute atomic E-state index is 3.46. The van der Waals surface area contributed by atoms with Crippen molar-refractivity contribution in [1.29, 1.82) is 0 Å². The molecule has 2 aliphatic rings. The van der Waals surface area contributed by atoms with Gasteiger partial charge < -0.3 is 15.1 Å². The van der Waals surface area contributed by atoms with Gasteiger partial charge in [-0.3, -0.25) is 0 Å². The molecule has 0 saturated carbocycles. The lowest BCUT2D eigenvalue weighted by Gasteiger charge is -2.38.